The molecule has 0 aliphatic carbocycles. The van der Waals surface area contributed by atoms with Gasteiger partial charge in [0.25, 0.3) is 0 Å². The number of unbranched alkanes of at least 4 members (excludes halogenated alkanes) is 1. The number of nitrogens with one attached hydrogen (secondary N) is 1. The molecule has 1 unspecified atom stereocenters. The van der Waals surface area contributed by atoms with Crippen molar-refractivity contribution in [1.29, 1.82) is 0 Å². The average molecular weight is 269 g/mol. The molecule has 0 fully saturated rings. The maximum atomic E-state index is 12.5. The highest BCUT2D eigenvalue weighted by atomic mass is 19.4. The van der Waals surface area contributed by atoms with Crippen LogP contribution in [0.15, 0.2) is 24.3 Å². The fourth-order valence-corrected chi connectivity index (χ4v) is 1.95. The molecule has 1 N–H and O–H groups in total. The third-order valence-corrected chi connectivity index (χ3v) is 2.90. The van der Waals surface area contributed by atoms with Crippen molar-refractivity contribution < 1.29 is 13.2 Å². The lowest BCUT2D eigenvalue weighted by molar-refractivity contribution is -0.137. The van der Waals surface area contributed by atoms with Gasteiger partial charge in [0.1, 0.15) is 0 Å². The fraction of sp³-hybridized carbons (Fsp3) is 0.467. The van der Waals surface area contributed by atoms with Gasteiger partial charge in [0, 0.05) is 12.5 Å². The summed E-state index contributed by atoms with van der Waals surface area (Å²) in [7, 11) is 0. The first-order chi connectivity index (χ1) is 8.99. The van der Waals surface area contributed by atoms with Gasteiger partial charge in [0.15, 0.2) is 0 Å². The third kappa shape index (κ3) is 4.96. The molecular weight excluding hydrogens is 251 g/mol. The Morgan fingerprint density at radius 2 is 1.89 bits per heavy atom. The Morgan fingerprint density at radius 1 is 1.26 bits per heavy atom. The second-order valence-corrected chi connectivity index (χ2v) is 4.33. The summed E-state index contributed by atoms with van der Waals surface area (Å²) in [6.45, 7) is 2.74. The molecule has 1 aromatic rings. The number of benzene rings is 1. The largest absolute Gasteiger partial charge is 0.416 e. The van der Waals surface area contributed by atoms with Gasteiger partial charge in [-0.15, -0.1) is 12.3 Å². The van der Waals surface area contributed by atoms with Gasteiger partial charge in [-0.2, -0.15) is 13.2 Å². The van der Waals surface area contributed by atoms with E-state index in [1.165, 1.54) is 12.1 Å². The molecule has 0 saturated carbocycles. The highest BCUT2D eigenvalue weighted by Gasteiger charge is 2.30. The lowest BCUT2D eigenvalue weighted by Crippen LogP contribution is -2.21. The van der Waals surface area contributed by atoms with E-state index in [2.05, 4.69) is 11.2 Å². The zero-order valence-electron chi connectivity index (χ0n) is 10.9. The van der Waals surface area contributed by atoms with Crippen LogP contribution >= 0.6 is 0 Å². The molecule has 104 valence electrons. The Labute approximate surface area is 112 Å². The topological polar surface area (TPSA) is 12.0 Å². The molecule has 0 amide bonds. The van der Waals surface area contributed by atoms with Crippen LogP contribution in [0.1, 0.15) is 43.4 Å². The average Bonchev–Trinajstić information content (AvgIpc) is 2.37. The summed E-state index contributed by atoms with van der Waals surface area (Å²) >= 11 is 0. The molecule has 19 heavy (non-hydrogen) atoms. The summed E-state index contributed by atoms with van der Waals surface area (Å²) in [4.78, 5) is 0. The molecule has 0 spiro atoms. The monoisotopic (exact) mass is 269 g/mol. The van der Waals surface area contributed by atoms with E-state index >= 15 is 0 Å². The normalized spacial score (nSPS) is 13.0. The van der Waals surface area contributed by atoms with E-state index < -0.39 is 11.7 Å². The molecule has 0 radical (unpaired) electrons. The smallest absolute Gasteiger partial charge is 0.310 e. The van der Waals surface area contributed by atoms with E-state index in [1.54, 1.807) is 0 Å². The fourth-order valence-electron chi connectivity index (χ4n) is 1.95. The Bertz CT molecular complexity index is 415. The van der Waals surface area contributed by atoms with Crippen LogP contribution in [0.2, 0.25) is 0 Å². The van der Waals surface area contributed by atoms with E-state index in [-0.39, 0.29) is 6.04 Å². The number of rotatable bonds is 6. The molecule has 0 saturated heterocycles. The summed E-state index contributed by atoms with van der Waals surface area (Å²) in [6.07, 6.45) is 3.28. The highest BCUT2D eigenvalue weighted by molar-refractivity contribution is 5.26. The van der Waals surface area contributed by atoms with Gasteiger partial charge in [-0.1, -0.05) is 19.1 Å². The predicted octanol–water partition coefficient (Wildman–Crippen LogP) is 4.16. The van der Waals surface area contributed by atoms with E-state index in [9.17, 15) is 13.2 Å². The van der Waals surface area contributed by atoms with Gasteiger partial charge in [0.2, 0.25) is 0 Å². The lowest BCUT2D eigenvalue weighted by atomic mass is 9.99. The minimum atomic E-state index is -4.28. The predicted molar refractivity (Wildman–Crippen MR) is 70.5 cm³/mol. The van der Waals surface area contributed by atoms with Gasteiger partial charge in [-0.3, -0.25) is 0 Å². The van der Waals surface area contributed by atoms with Crippen LogP contribution in [0.25, 0.3) is 0 Å². The molecule has 1 atom stereocenters. The lowest BCUT2D eigenvalue weighted by Gasteiger charge is -2.18. The van der Waals surface area contributed by atoms with Gasteiger partial charge >= 0.3 is 6.18 Å². The van der Waals surface area contributed by atoms with Crippen LogP contribution in [0.4, 0.5) is 13.2 Å². The molecule has 1 rings (SSSR count). The molecule has 4 heteroatoms. The second-order valence-electron chi connectivity index (χ2n) is 4.33. The van der Waals surface area contributed by atoms with E-state index in [4.69, 9.17) is 6.42 Å². The first kappa shape index (κ1) is 15.6. The number of hydrogen-bond acceptors (Lipinski definition) is 1. The minimum Gasteiger partial charge on any atom is -0.310 e. The van der Waals surface area contributed by atoms with Crippen LogP contribution < -0.4 is 5.32 Å². The number of hydrogen-bond donors (Lipinski definition) is 1. The Hall–Kier alpha value is -1.47. The first-order valence-electron chi connectivity index (χ1n) is 6.33. The molecule has 1 nitrogen and oxygen atoms in total. The molecule has 0 bridgehead atoms. The summed E-state index contributed by atoms with van der Waals surface area (Å²) in [5.41, 5.74) is 0.252. The van der Waals surface area contributed by atoms with Crippen molar-refractivity contribution in [1.82, 2.24) is 5.32 Å². The van der Waals surface area contributed by atoms with Crippen molar-refractivity contribution >= 4 is 0 Å². The maximum Gasteiger partial charge on any atom is 0.416 e. The molecule has 0 aromatic heterocycles. The Kier molecular flexibility index (Phi) is 5.91. The quantitative estimate of drug-likeness (QED) is 0.604. The summed E-state index contributed by atoms with van der Waals surface area (Å²) in [6, 6.07) is 5.38. The first-order valence-corrected chi connectivity index (χ1v) is 6.33. The summed E-state index contributed by atoms with van der Waals surface area (Å²) in [5.74, 6) is 2.57. The molecule has 0 aliphatic rings. The van der Waals surface area contributed by atoms with Crippen molar-refractivity contribution in [3.63, 3.8) is 0 Å². The minimum absolute atomic E-state index is 0.0561. The standard InChI is InChI=1S/C15H18F3N/c1-3-5-6-7-14(19-4-2)12-8-10-13(11-9-12)15(16,17)18/h1,8-11,14,19H,4-7H2,2H3. The van der Waals surface area contributed by atoms with Gasteiger partial charge in [-0.25, -0.2) is 0 Å². The van der Waals surface area contributed by atoms with Crippen LogP contribution in [-0.4, -0.2) is 6.54 Å². The van der Waals surface area contributed by atoms with Crippen LogP contribution in [-0.2, 0) is 6.18 Å². The van der Waals surface area contributed by atoms with Gasteiger partial charge in [-0.05, 0) is 37.1 Å². The van der Waals surface area contributed by atoms with Gasteiger partial charge in [0.05, 0.1) is 5.56 Å². The van der Waals surface area contributed by atoms with E-state index in [0.717, 1.165) is 37.1 Å². The second kappa shape index (κ2) is 7.20. The number of halogens is 3. The molecule has 0 aliphatic heterocycles. The highest BCUT2D eigenvalue weighted by Crippen LogP contribution is 2.30. The Balaban J connectivity index is 2.77. The third-order valence-electron chi connectivity index (χ3n) is 2.90. The zero-order chi connectivity index (χ0) is 14.3. The van der Waals surface area contributed by atoms with E-state index in [1.807, 2.05) is 6.92 Å². The molecular formula is C15H18F3N. The van der Waals surface area contributed by atoms with Crippen LogP contribution in [0.3, 0.4) is 0 Å². The van der Waals surface area contributed by atoms with Crippen LogP contribution in [0.5, 0.6) is 0 Å². The molecule has 0 heterocycles. The summed E-state index contributed by atoms with van der Waals surface area (Å²) in [5, 5.41) is 3.27. The maximum absolute atomic E-state index is 12.5. The van der Waals surface area contributed by atoms with Crippen LogP contribution in [0, 0.1) is 12.3 Å². The van der Waals surface area contributed by atoms with Crippen molar-refractivity contribution in [2.24, 2.45) is 0 Å². The van der Waals surface area contributed by atoms with Crippen molar-refractivity contribution in [2.45, 2.75) is 38.4 Å². The zero-order valence-corrected chi connectivity index (χ0v) is 10.9. The number of terminal acetylenes is 1. The SMILES string of the molecule is C#CCCCC(NCC)c1ccc(C(F)(F)F)cc1. The number of alkyl halides is 3. The van der Waals surface area contributed by atoms with Crippen molar-refractivity contribution in [3.05, 3.63) is 35.4 Å². The van der Waals surface area contributed by atoms with E-state index in [0.29, 0.717) is 6.42 Å². The van der Waals surface area contributed by atoms with Crippen molar-refractivity contribution in [2.75, 3.05) is 6.54 Å². The van der Waals surface area contributed by atoms with Crippen molar-refractivity contribution in [3.8, 4) is 12.3 Å². The van der Waals surface area contributed by atoms with Gasteiger partial charge < -0.3 is 5.32 Å². The molecule has 1 aromatic carbocycles. The Morgan fingerprint density at radius 3 is 2.37 bits per heavy atom. The summed E-state index contributed by atoms with van der Waals surface area (Å²) < 4.78 is 37.4.